The lowest BCUT2D eigenvalue weighted by Gasteiger charge is -2.05. The fourth-order valence-electron chi connectivity index (χ4n) is 2.17. The zero-order valence-electron chi connectivity index (χ0n) is 12.1. The van der Waals surface area contributed by atoms with Crippen LogP contribution in [0.25, 0.3) is 17.4 Å². The van der Waals surface area contributed by atoms with Crippen LogP contribution in [0.4, 0.5) is 4.79 Å². The molecule has 2 N–H and O–H groups in total. The zero-order valence-corrected chi connectivity index (χ0v) is 12.1. The van der Waals surface area contributed by atoms with E-state index < -0.39 is 17.9 Å². The highest BCUT2D eigenvalue weighted by atomic mass is 16.4. The predicted molar refractivity (Wildman–Crippen MR) is 80.4 cm³/mol. The highest BCUT2D eigenvalue weighted by Crippen LogP contribution is 2.25. The van der Waals surface area contributed by atoms with Crippen LogP contribution in [0, 0.1) is 0 Å². The Balaban J connectivity index is 1.87. The maximum atomic E-state index is 11.6. The highest BCUT2D eigenvalue weighted by molar-refractivity contribution is 6.13. The summed E-state index contributed by atoms with van der Waals surface area (Å²) in [5.74, 6) is -0.544. The minimum absolute atomic E-state index is 0.186. The van der Waals surface area contributed by atoms with Gasteiger partial charge in [0.15, 0.2) is 0 Å². The number of amides is 3. The van der Waals surface area contributed by atoms with Crippen molar-refractivity contribution in [1.29, 1.82) is 0 Å². The van der Waals surface area contributed by atoms with Crippen molar-refractivity contribution in [3.05, 3.63) is 53.4 Å². The van der Waals surface area contributed by atoms with Crippen LogP contribution in [0.15, 0.2) is 46.5 Å². The molecule has 7 heteroatoms. The van der Waals surface area contributed by atoms with E-state index in [0.717, 1.165) is 0 Å². The molecule has 1 aromatic heterocycles. The first-order valence-electron chi connectivity index (χ1n) is 6.70. The number of likely N-dealkylation sites (N-methyl/N-ethyl adjacent to an activating group) is 1. The fourth-order valence-corrected chi connectivity index (χ4v) is 2.17. The molecule has 23 heavy (non-hydrogen) atoms. The molecule has 3 amide bonds. The van der Waals surface area contributed by atoms with Gasteiger partial charge in [-0.05, 0) is 24.3 Å². The number of nitrogens with one attached hydrogen (secondary N) is 1. The van der Waals surface area contributed by atoms with Crippen molar-refractivity contribution >= 4 is 24.0 Å². The summed E-state index contributed by atoms with van der Waals surface area (Å²) in [7, 11) is 1.49. The lowest BCUT2D eigenvalue weighted by Crippen LogP contribution is -2.24. The average molecular weight is 312 g/mol. The lowest BCUT2D eigenvalue weighted by atomic mass is 10.1. The second-order valence-corrected chi connectivity index (χ2v) is 4.93. The van der Waals surface area contributed by atoms with Crippen LogP contribution >= 0.6 is 0 Å². The summed E-state index contributed by atoms with van der Waals surface area (Å²) in [4.78, 5) is 35.0. The Bertz CT molecular complexity index is 832. The molecule has 2 heterocycles. The first-order chi connectivity index (χ1) is 11.0. The molecule has 116 valence electrons. The Morgan fingerprint density at radius 3 is 2.43 bits per heavy atom. The van der Waals surface area contributed by atoms with Crippen molar-refractivity contribution < 1.29 is 23.9 Å². The molecular formula is C16H12N2O5. The molecule has 1 fully saturated rings. The van der Waals surface area contributed by atoms with Gasteiger partial charge in [-0.15, -0.1) is 0 Å². The molecule has 0 atom stereocenters. The third-order valence-electron chi connectivity index (χ3n) is 3.44. The quantitative estimate of drug-likeness (QED) is 0.668. The van der Waals surface area contributed by atoms with Gasteiger partial charge in [-0.2, -0.15) is 0 Å². The van der Waals surface area contributed by atoms with Crippen molar-refractivity contribution in [3.63, 3.8) is 0 Å². The molecule has 0 unspecified atom stereocenters. The summed E-state index contributed by atoms with van der Waals surface area (Å²) in [5, 5.41) is 11.1. The Hall–Kier alpha value is -3.35. The maximum Gasteiger partial charge on any atom is 0.335 e. The van der Waals surface area contributed by atoms with Crippen molar-refractivity contribution in [3.8, 4) is 11.3 Å². The number of benzene rings is 1. The molecule has 1 aliphatic rings. The Morgan fingerprint density at radius 2 is 1.87 bits per heavy atom. The Labute approximate surface area is 130 Å². The van der Waals surface area contributed by atoms with Crippen LogP contribution in [0.5, 0.6) is 0 Å². The van der Waals surface area contributed by atoms with Crippen LogP contribution in [-0.4, -0.2) is 35.0 Å². The number of carbonyl (C=O) groups excluding carboxylic acids is 2. The van der Waals surface area contributed by atoms with E-state index >= 15 is 0 Å². The van der Waals surface area contributed by atoms with E-state index in [0.29, 0.717) is 17.1 Å². The van der Waals surface area contributed by atoms with Crippen LogP contribution in [0.1, 0.15) is 16.1 Å². The molecule has 0 bridgehead atoms. The van der Waals surface area contributed by atoms with E-state index in [1.54, 1.807) is 24.3 Å². The van der Waals surface area contributed by atoms with Crippen LogP contribution in [0.2, 0.25) is 0 Å². The van der Waals surface area contributed by atoms with Gasteiger partial charge < -0.3 is 9.52 Å². The second kappa shape index (κ2) is 5.45. The predicted octanol–water partition coefficient (Wildman–Crippen LogP) is 2.17. The SMILES string of the molecule is CN1C(=O)NC(=O)/C1=C/c1ccc(-c2ccc(C(=O)O)cc2)o1. The van der Waals surface area contributed by atoms with E-state index in [1.165, 1.54) is 30.2 Å². The maximum absolute atomic E-state index is 11.6. The molecule has 0 saturated carbocycles. The monoisotopic (exact) mass is 312 g/mol. The summed E-state index contributed by atoms with van der Waals surface area (Å²) < 4.78 is 5.62. The van der Waals surface area contributed by atoms with Crippen molar-refractivity contribution in [2.75, 3.05) is 7.05 Å². The molecule has 3 rings (SSSR count). The number of furan rings is 1. The van der Waals surface area contributed by atoms with Crippen molar-refractivity contribution in [1.82, 2.24) is 10.2 Å². The van der Waals surface area contributed by atoms with Gasteiger partial charge in [0, 0.05) is 18.7 Å². The number of imide groups is 1. The van der Waals surface area contributed by atoms with Gasteiger partial charge in [-0.3, -0.25) is 15.0 Å². The molecule has 7 nitrogen and oxygen atoms in total. The van der Waals surface area contributed by atoms with Gasteiger partial charge in [0.1, 0.15) is 17.2 Å². The van der Waals surface area contributed by atoms with Gasteiger partial charge in [-0.1, -0.05) is 12.1 Å². The van der Waals surface area contributed by atoms with Gasteiger partial charge in [0.2, 0.25) is 0 Å². The topological polar surface area (TPSA) is 99.9 Å². The Kier molecular flexibility index (Phi) is 3.46. The second-order valence-electron chi connectivity index (χ2n) is 4.93. The van der Waals surface area contributed by atoms with Gasteiger partial charge in [0.05, 0.1) is 5.56 Å². The highest BCUT2D eigenvalue weighted by Gasteiger charge is 2.29. The van der Waals surface area contributed by atoms with Crippen LogP contribution < -0.4 is 5.32 Å². The largest absolute Gasteiger partial charge is 0.478 e. The minimum atomic E-state index is -0.999. The summed E-state index contributed by atoms with van der Waals surface area (Å²) in [6, 6.07) is 9.12. The number of urea groups is 1. The van der Waals surface area contributed by atoms with Gasteiger partial charge >= 0.3 is 12.0 Å². The van der Waals surface area contributed by atoms with Crippen molar-refractivity contribution in [2.45, 2.75) is 0 Å². The smallest absolute Gasteiger partial charge is 0.335 e. The number of carboxylic acid groups (broad SMARTS) is 1. The summed E-state index contributed by atoms with van der Waals surface area (Å²) >= 11 is 0. The molecular weight excluding hydrogens is 300 g/mol. The number of carboxylic acids is 1. The molecule has 0 aliphatic carbocycles. The third kappa shape index (κ3) is 2.71. The fraction of sp³-hybridized carbons (Fsp3) is 0.0625. The summed E-state index contributed by atoms with van der Waals surface area (Å²) in [6.07, 6.45) is 1.47. The van der Waals surface area contributed by atoms with E-state index in [4.69, 9.17) is 9.52 Å². The normalized spacial score (nSPS) is 16.0. The molecule has 1 aliphatic heterocycles. The van der Waals surface area contributed by atoms with E-state index in [1.807, 2.05) is 0 Å². The lowest BCUT2D eigenvalue weighted by molar-refractivity contribution is -0.115. The minimum Gasteiger partial charge on any atom is -0.478 e. The summed E-state index contributed by atoms with van der Waals surface area (Å²) in [5.41, 5.74) is 1.09. The average Bonchev–Trinajstić information content (AvgIpc) is 3.08. The number of carbonyl (C=O) groups is 3. The van der Waals surface area contributed by atoms with E-state index in [2.05, 4.69) is 5.32 Å². The van der Waals surface area contributed by atoms with Gasteiger partial charge in [0.25, 0.3) is 5.91 Å². The number of hydrogen-bond acceptors (Lipinski definition) is 4. The van der Waals surface area contributed by atoms with E-state index in [9.17, 15) is 14.4 Å². The molecule has 0 radical (unpaired) electrons. The van der Waals surface area contributed by atoms with Crippen LogP contribution in [-0.2, 0) is 4.79 Å². The van der Waals surface area contributed by atoms with Crippen molar-refractivity contribution in [2.24, 2.45) is 0 Å². The van der Waals surface area contributed by atoms with E-state index in [-0.39, 0.29) is 11.3 Å². The first kappa shape index (κ1) is 14.6. The zero-order chi connectivity index (χ0) is 16.6. The standard InChI is InChI=1S/C16H12N2O5/c1-18-12(14(19)17-16(18)22)8-11-6-7-13(23-11)9-2-4-10(5-3-9)15(20)21/h2-8H,1H3,(H,20,21)(H,17,19,22)/b12-8-. The van der Waals surface area contributed by atoms with Crippen LogP contribution in [0.3, 0.4) is 0 Å². The Morgan fingerprint density at radius 1 is 1.17 bits per heavy atom. The third-order valence-corrected chi connectivity index (χ3v) is 3.44. The number of aromatic carboxylic acids is 1. The molecule has 0 spiro atoms. The van der Waals surface area contributed by atoms with Gasteiger partial charge in [-0.25, -0.2) is 9.59 Å². The molecule has 2 aromatic rings. The molecule has 1 saturated heterocycles. The number of nitrogens with zero attached hydrogens (tertiary/aromatic N) is 1. The number of hydrogen-bond donors (Lipinski definition) is 2. The summed E-state index contributed by atoms with van der Waals surface area (Å²) in [6.45, 7) is 0. The first-order valence-corrected chi connectivity index (χ1v) is 6.70. The molecule has 1 aromatic carbocycles. The number of rotatable bonds is 3.